The van der Waals surface area contributed by atoms with Crippen molar-refractivity contribution in [2.24, 2.45) is 0 Å². The van der Waals surface area contributed by atoms with Crippen molar-refractivity contribution in [3.8, 4) is 0 Å². The number of carbonyl (C=O) groups excluding carboxylic acids is 1. The van der Waals surface area contributed by atoms with Crippen molar-refractivity contribution in [3.05, 3.63) is 12.5 Å². The lowest BCUT2D eigenvalue weighted by atomic mass is 10.4. The highest BCUT2D eigenvalue weighted by Gasteiger charge is 2.08. The Morgan fingerprint density at radius 2 is 2.64 bits per heavy atom. The fourth-order valence-electron chi connectivity index (χ4n) is 0.513. The van der Waals surface area contributed by atoms with Crippen LogP contribution in [-0.2, 0) is 4.79 Å². The first-order chi connectivity index (χ1) is 5.20. The van der Waals surface area contributed by atoms with E-state index >= 15 is 0 Å². The summed E-state index contributed by atoms with van der Waals surface area (Å²) in [5.41, 5.74) is 0.441. The van der Waals surface area contributed by atoms with Crippen molar-refractivity contribution in [3.63, 3.8) is 0 Å². The van der Waals surface area contributed by atoms with Crippen LogP contribution in [0.5, 0.6) is 0 Å². The average molecular weight is 156 g/mol. The zero-order chi connectivity index (χ0) is 8.27. The quantitative estimate of drug-likeness (QED) is 0.631. The van der Waals surface area contributed by atoms with Gasteiger partial charge in [-0.05, 0) is 6.92 Å². The van der Waals surface area contributed by atoms with E-state index < -0.39 is 12.0 Å². The topological polar surface area (TPSA) is 75.4 Å². The van der Waals surface area contributed by atoms with Crippen molar-refractivity contribution in [1.82, 2.24) is 5.16 Å². The molecule has 60 valence electrons. The summed E-state index contributed by atoms with van der Waals surface area (Å²) in [6, 6.07) is 0. The zero-order valence-electron chi connectivity index (χ0n) is 5.94. The summed E-state index contributed by atoms with van der Waals surface area (Å²) in [4.78, 5) is 10.8. The van der Waals surface area contributed by atoms with E-state index in [1.165, 1.54) is 19.4 Å². The summed E-state index contributed by atoms with van der Waals surface area (Å²) in [6.45, 7) is 1.38. The molecule has 5 heteroatoms. The lowest BCUT2D eigenvalue weighted by molar-refractivity contribution is -0.123. The van der Waals surface area contributed by atoms with Crippen LogP contribution in [0.15, 0.2) is 17.0 Å². The maximum absolute atomic E-state index is 10.8. The lowest BCUT2D eigenvalue weighted by Gasteiger charge is -2.02. The predicted molar refractivity (Wildman–Crippen MR) is 36.8 cm³/mol. The van der Waals surface area contributed by atoms with Crippen molar-refractivity contribution >= 4 is 11.6 Å². The lowest BCUT2D eigenvalue weighted by Crippen LogP contribution is -2.24. The maximum atomic E-state index is 10.8. The van der Waals surface area contributed by atoms with E-state index in [-0.39, 0.29) is 0 Å². The van der Waals surface area contributed by atoms with Crippen molar-refractivity contribution in [2.75, 3.05) is 5.32 Å². The van der Waals surface area contributed by atoms with Crippen molar-refractivity contribution < 1.29 is 14.4 Å². The van der Waals surface area contributed by atoms with Gasteiger partial charge in [-0.2, -0.15) is 0 Å². The van der Waals surface area contributed by atoms with E-state index in [0.29, 0.717) is 5.69 Å². The predicted octanol–water partition coefficient (Wildman–Crippen LogP) is -0.00610. The van der Waals surface area contributed by atoms with E-state index in [1.54, 1.807) is 0 Å². The number of carbonyl (C=O) groups is 1. The number of aliphatic hydroxyl groups is 1. The fourth-order valence-corrected chi connectivity index (χ4v) is 0.513. The molecule has 0 aliphatic heterocycles. The third-order valence-corrected chi connectivity index (χ3v) is 1.08. The molecule has 0 aliphatic carbocycles. The molecule has 1 atom stereocenters. The molecule has 1 heterocycles. The highest BCUT2D eigenvalue weighted by Crippen LogP contribution is 2.03. The molecule has 0 saturated carbocycles. The first-order valence-electron chi connectivity index (χ1n) is 3.08. The van der Waals surface area contributed by atoms with Crippen molar-refractivity contribution in [1.29, 1.82) is 0 Å². The largest absolute Gasteiger partial charge is 0.384 e. The SMILES string of the molecule is C[C@H](O)C(=O)Nc1cnoc1. The van der Waals surface area contributed by atoms with Crippen LogP contribution >= 0.6 is 0 Å². The van der Waals surface area contributed by atoms with Crippen LogP contribution in [0.3, 0.4) is 0 Å². The Hall–Kier alpha value is -1.36. The van der Waals surface area contributed by atoms with Gasteiger partial charge in [0.15, 0.2) is 0 Å². The second kappa shape index (κ2) is 3.16. The first kappa shape index (κ1) is 7.74. The van der Waals surface area contributed by atoms with Crippen LogP contribution in [0.1, 0.15) is 6.92 Å². The van der Waals surface area contributed by atoms with Gasteiger partial charge in [0.25, 0.3) is 5.91 Å². The van der Waals surface area contributed by atoms with Gasteiger partial charge >= 0.3 is 0 Å². The highest BCUT2D eigenvalue weighted by molar-refractivity contribution is 5.93. The van der Waals surface area contributed by atoms with Crippen LogP contribution in [-0.4, -0.2) is 22.3 Å². The normalized spacial score (nSPS) is 12.5. The van der Waals surface area contributed by atoms with Crippen LogP contribution < -0.4 is 5.32 Å². The minimum Gasteiger partial charge on any atom is -0.384 e. The van der Waals surface area contributed by atoms with Gasteiger partial charge in [0.1, 0.15) is 18.1 Å². The van der Waals surface area contributed by atoms with Crippen LogP contribution in [0.25, 0.3) is 0 Å². The Balaban J connectivity index is 2.50. The number of hydrogen-bond acceptors (Lipinski definition) is 4. The van der Waals surface area contributed by atoms with E-state index in [2.05, 4.69) is 15.0 Å². The Labute approximate surface area is 63.0 Å². The minimum absolute atomic E-state index is 0.441. The molecule has 1 aromatic heterocycles. The van der Waals surface area contributed by atoms with Crippen LogP contribution in [0, 0.1) is 0 Å². The molecule has 11 heavy (non-hydrogen) atoms. The summed E-state index contributed by atoms with van der Waals surface area (Å²) < 4.78 is 4.45. The average Bonchev–Trinajstić information content (AvgIpc) is 2.39. The molecule has 0 bridgehead atoms. The minimum atomic E-state index is -1.02. The summed E-state index contributed by atoms with van der Waals surface area (Å²) in [7, 11) is 0. The smallest absolute Gasteiger partial charge is 0.253 e. The summed E-state index contributed by atoms with van der Waals surface area (Å²) in [6.07, 6.45) is 1.60. The molecule has 1 amide bonds. The zero-order valence-corrected chi connectivity index (χ0v) is 5.94. The Bertz CT molecular complexity index is 230. The van der Waals surface area contributed by atoms with Gasteiger partial charge in [-0.1, -0.05) is 5.16 Å². The van der Waals surface area contributed by atoms with Gasteiger partial charge in [0.2, 0.25) is 0 Å². The van der Waals surface area contributed by atoms with E-state index in [9.17, 15) is 4.79 Å². The van der Waals surface area contributed by atoms with Crippen LogP contribution in [0.4, 0.5) is 5.69 Å². The van der Waals surface area contributed by atoms with Crippen LogP contribution in [0.2, 0.25) is 0 Å². The third kappa shape index (κ3) is 2.05. The number of nitrogens with one attached hydrogen (secondary N) is 1. The molecular weight excluding hydrogens is 148 g/mol. The van der Waals surface area contributed by atoms with E-state index in [4.69, 9.17) is 5.11 Å². The number of rotatable bonds is 2. The molecular formula is C6H8N2O3. The monoisotopic (exact) mass is 156 g/mol. The van der Waals surface area contributed by atoms with Gasteiger partial charge in [-0.15, -0.1) is 0 Å². The number of anilines is 1. The van der Waals surface area contributed by atoms with Gasteiger partial charge in [-0.3, -0.25) is 4.79 Å². The van der Waals surface area contributed by atoms with Crippen molar-refractivity contribution in [2.45, 2.75) is 13.0 Å². The van der Waals surface area contributed by atoms with E-state index in [1.807, 2.05) is 0 Å². The Kier molecular flexibility index (Phi) is 2.22. The standard InChI is InChI=1S/C6H8N2O3/c1-4(9)6(10)8-5-2-7-11-3-5/h2-4,9H,1H3,(H,8,10)/t4-/m0/s1. The van der Waals surface area contributed by atoms with Gasteiger partial charge < -0.3 is 14.9 Å². The molecule has 0 aromatic carbocycles. The molecule has 0 saturated heterocycles. The summed E-state index contributed by atoms with van der Waals surface area (Å²) >= 11 is 0. The second-order valence-corrected chi connectivity index (χ2v) is 2.08. The number of hydrogen-bond donors (Lipinski definition) is 2. The molecule has 0 spiro atoms. The molecule has 1 rings (SSSR count). The molecule has 0 radical (unpaired) electrons. The van der Waals surface area contributed by atoms with Gasteiger partial charge in [0, 0.05) is 0 Å². The number of amides is 1. The van der Waals surface area contributed by atoms with Gasteiger partial charge in [-0.25, -0.2) is 0 Å². The summed E-state index contributed by atoms with van der Waals surface area (Å²) in [5.74, 6) is -0.479. The number of aliphatic hydroxyl groups excluding tert-OH is 1. The molecule has 0 unspecified atom stereocenters. The number of aromatic nitrogens is 1. The molecule has 2 N–H and O–H groups in total. The Morgan fingerprint density at radius 1 is 1.91 bits per heavy atom. The highest BCUT2D eigenvalue weighted by atomic mass is 16.5. The first-order valence-corrected chi connectivity index (χ1v) is 3.08. The second-order valence-electron chi connectivity index (χ2n) is 2.08. The molecule has 0 aliphatic rings. The number of nitrogens with zero attached hydrogens (tertiary/aromatic N) is 1. The molecule has 5 nitrogen and oxygen atoms in total. The van der Waals surface area contributed by atoms with E-state index in [0.717, 1.165) is 0 Å². The Morgan fingerprint density at radius 3 is 3.09 bits per heavy atom. The molecule has 1 aromatic rings. The molecule has 0 fully saturated rings. The third-order valence-electron chi connectivity index (χ3n) is 1.08. The van der Waals surface area contributed by atoms with Gasteiger partial charge in [0.05, 0.1) is 6.20 Å². The summed E-state index contributed by atoms with van der Waals surface area (Å²) in [5, 5.41) is 14.5. The maximum Gasteiger partial charge on any atom is 0.253 e. The fraction of sp³-hybridized carbons (Fsp3) is 0.333.